The Hall–Kier alpha value is -2.06. The summed E-state index contributed by atoms with van der Waals surface area (Å²) in [5.74, 6) is 3.22. The molecule has 0 saturated carbocycles. The van der Waals surface area contributed by atoms with Crippen molar-refractivity contribution in [3.05, 3.63) is 29.8 Å². The van der Waals surface area contributed by atoms with Crippen LogP contribution in [0.2, 0.25) is 19.6 Å². The maximum absolute atomic E-state index is 11.7. The minimum atomic E-state index is -1.47. The molecule has 0 aliphatic carbocycles. The number of hydrogen-bond acceptors (Lipinski definition) is 4. The summed E-state index contributed by atoms with van der Waals surface area (Å²) < 4.78 is 10.4. The van der Waals surface area contributed by atoms with E-state index in [4.69, 9.17) is 9.47 Å². The van der Waals surface area contributed by atoms with Crippen molar-refractivity contribution in [2.75, 3.05) is 13.2 Å². The Labute approximate surface area is 139 Å². The molecule has 1 aromatic rings. The largest absolute Gasteiger partial charge is 0.481 e. The maximum atomic E-state index is 11.7. The van der Waals surface area contributed by atoms with Crippen molar-refractivity contribution in [2.24, 2.45) is 4.99 Å². The molecule has 0 heterocycles. The lowest BCUT2D eigenvalue weighted by Gasteiger charge is -2.08. The Kier molecular flexibility index (Phi) is 7.56. The quantitative estimate of drug-likeness (QED) is 0.270. The predicted molar refractivity (Wildman–Crippen MR) is 96.6 cm³/mol. The Bertz CT molecular complexity index is 621. The molecule has 0 N–H and O–H groups in total. The second-order valence-electron chi connectivity index (χ2n) is 5.94. The average molecular weight is 331 g/mol. The molecular weight excluding hydrogens is 306 g/mol. The lowest BCUT2D eigenvalue weighted by Crippen LogP contribution is -2.16. The molecule has 0 bridgehead atoms. The van der Waals surface area contributed by atoms with Crippen LogP contribution in [0.15, 0.2) is 29.3 Å². The Balaban J connectivity index is 3.10. The molecule has 0 radical (unpaired) electrons. The lowest BCUT2D eigenvalue weighted by atomic mass is 10.2. The molecule has 0 aromatic heterocycles. The van der Waals surface area contributed by atoms with Crippen LogP contribution in [0.4, 0.5) is 5.69 Å². The standard InChI is InChI=1S/C18H25NO3Si/c1-6-21-17(14-18(20)22-7-2)19-16-11-9-8-10-15(16)12-13-23(3,4)5/h8-11H,6-7,14H2,1-5H3. The van der Waals surface area contributed by atoms with Crippen LogP contribution in [0.3, 0.4) is 0 Å². The molecule has 0 aliphatic heterocycles. The normalized spacial score (nSPS) is 11.4. The first-order valence-corrected chi connectivity index (χ1v) is 11.3. The van der Waals surface area contributed by atoms with Crippen molar-refractivity contribution in [3.63, 3.8) is 0 Å². The fourth-order valence-electron chi connectivity index (χ4n) is 1.69. The van der Waals surface area contributed by atoms with Gasteiger partial charge in [-0.1, -0.05) is 37.7 Å². The highest BCUT2D eigenvalue weighted by Gasteiger charge is 2.11. The fourth-order valence-corrected chi connectivity index (χ4v) is 2.20. The van der Waals surface area contributed by atoms with Crippen LogP contribution in [-0.4, -0.2) is 33.2 Å². The number of hydrogen-bond donors (Lipinski definition) is 0. The van der Waals surface area contributed by atoms with Crippen LogP contribution in [0.1, 0.15) is 25.8 Å². The van der Waals surface area contributed by atoms with Crippen molar-refractivity contribution < 1.29 is 14.3 Å². The predicted octanol–water partition coefficient (Wildman–Crippen LogP) is 3.94. The van der Waals surface area contributed by atoms with E-state index in [0.717, 1.165) is 5.56 Å². The highest BCUT2D eigenvalue weighted by Crippen LogP contribution is 2.19. The molecule has 124 valence electrons. The van der Waals surface area contributed by atoms with Gasteiger partial charge in [0.15, 0.2) is 5.90 Å². The van der Waals surface area contributed by atoms with Crippen LogP contribution >= 0.6 is 0 Å². The molecule has 23 heavy (non-hydrogen) atoms. The number of rotatable bonds is 5. The summed E-state index contributed by atoms with van der Waals surface area (Å²) >= 11 is 0. The third-order valence-corrected chi connectivity index (χ3v) is 3.51. The number of aliphatic imine (C=N–C) groups is 1. The third kappa shape index (κ3) is 7.66. The number of carbonyl (C=O) groups is 1. The zero-order chi connectivity index (χ0) is 17.3. The Morgan fingerprint density at radius 1 is 1.13 bits per heavy atom. The number of esters is 1. The third-order valence-electron chi connectivity index (χ3n) is 2.63. The maximum Gasteiger partial charge on any atom is 0.315 e. The van der Waals surface area contributed by atoms with Crippen LogP contribution in [0.25, 0.3) is 0 Å². The minimum Gasteiger partial charge on any atom is -0.481 e. The summed E-state index contributed by atoms with van der Waals surface area (Å²) in [6.45, 7) is 11.0. The first kappa shape index (κ1) is 19.0. The lowest BCUT2D eigenvalue weighted by molar-refractivity contribution is -0.141. The van der Waals surface area contributed by atoms with E-state index in [2.05, 4.69) is 36.1 Å². The van der Waals surface area contributed by atoms with Crippen molar-refractivity contribution in [2.45, 2.75) is 39.9 Å². The fraction of sp³-hybridized carbons (Fsp3) is 0.444. The molecule has 1 aromatic carbocycles. The van der Waals surface area contributed by atoms with Crippen LogP contribution in [-0.2, 0) is 14.3 Å². The van der Waals surface area contributed by atoms with Gasteiger partial charge < -0.3 is 9.47 Å². The van der Waals surface area contributed by atoms with E-state index in [1.807, 2.05) is 31.2 Å². The summed E-state index contributed by atoms with van der Waals surface area (Å²) in [4.78, 5) is 16.1. The SMILES string of the molecule is CCOC(=O)CC(=Nc1ccccc1C#C[Si](C)(C)C)OCC. The van der Waals surface area contributed by atoms with E-state index in [-0.39, 0.29) is 12.4 Å². The Morgan fingerprint density at radius 2 is 1.78 bits per heavy atom. The van der Waals surface area contributed by atoms with Crippen molar-refractivity contribution >= 4 is 25.6 Å². The van der Waals surface area contributed by atoms with Gasteiger partial charge in [0.2, 0.25) is 0 Å². The van der Waals surface area contributed by atoms with Gasteiger partial charge in [-0.2, -0.15) is 0 Å². The van der Waals surface area contributed by atoms with E-state index in [0.29, 0.717) is 24.8 Å². The zero-order valence-electron chi connectivity index (χ0n) is 14.6. The van der Waals surface area contributed by atoms with Crippen LogP contribution in [0, 0.1) is 11.5 Å². The smallest absolute Gasteiger partial charge is 0.315 e. The second-order valence-corrected chi connectivity index (χ2v) is 10.7. The molecule has 0 unspecified atom stereocenters. The average Bonchev–Trinajstić information content (AvgIpc) is 2.46. The van der Waals surface area contributed by atoms with Crippen molar-refractivity contribution in [1.82, 2.24) is 0 Å². The number of benzene rings is 1. The first-order valence-electron chi connectivity index (χ1n) is 7.84. The minimum absolute atomic E-state index is 0.0253. The first-order chi connectivity index (χ1) is 10.9. The molecule has 0 atom stereocenters. The highest BCUT2D eigenvalue weighted by atomic mass is 28.3. The molecule has 5 heteroatoms. The molecule has 0 aliphatic rings. The number of para-hydroxylation sites is 1. The summed E-state index contributed by atoms with van der Waals surface area (Å²) in [6.07, 6.45) is 0.0253. The molecule has 4 nitrogen and oxygen atoms in total. The van der Waals surface area contributed by atoms with Gasteiger partial charge in [0.25, 0.3) is 0 Å². The van der Waals surface area contributed by atoms with E-state index in [1.165, 1.54) is 0 Å². The van der Waals surface area contributed by atoms with Gasteiger partial charge in [0.1, 0.15) is 14.5 Å². The van der Waals surface area contributed by atoms with Gasteiger partial charge in [0, 0.05) is 5.56 Å². The summed E-state index contributed by atoms with van der Waals surface area (Å²) in [6, 6.07) is 7.63. The van der Waals surface area contributed by atoms with Crippen LogP contribution < -0.4 is 0 Å². The van der Waals surface area contributed by atoms with Gasteiger partial charge in [-0.3, -0.25) is 4.79 Å². The number of ether oxygens (including phenoxy) is 2. The molecule has 0 fully saturated rings. The van der Waals surface area contributed by atoms with Crippen molar-refractivity contribution in [3.8, 4) is 11.5 Å². The summed E-state index contributed by atoms with van der Waals surface area (Å²) in [5.41, 5.74) is 4.89. The number of nitrogens with zero attached hydrogens (tertiary/aromatic N) is 1. The van der Waals surface area contributed by atoms with E-state index in [9.17, 15) is 4.79 Å². The zero-order valence-corrected chi connectivity index (χ0v) is 15.6. The topological polar surface area (TPSA) is 47.9 Å². The Morgan fingerprint density at radius 3 is 2.39 bits per heavy atom. The molecular formula is C18H25NO3Si. The molecule has 0 amide bonds. The second kappa shape index (κ2) is 9.16. The molecule has 0 spiro atoms. The van der Waals surface area contributed by atoms with E-state index < -0.39 is 8.07 Å². The van der Waals surface area contributed by atoms with Gasteiger partial charge in [0.05, 0.1) is 18.9 Å². The molecule has 0 saturated heterocycles. The molecule has 1 rings (SSSR count). The number of carbonyl (C=O) groups excluding carboxylic acids is 1. The van der Waals surface area contributed by atoms with E-state index >= 15 is 0 Å². The van der Waals surface area contributed by atoms with Gasteiger partial charge >= 0.3 is 5.97 Å². The summed E-state index contributed by atoms with van der Waals surface area (Å²) in [7, 11) is -1.47. The van der Waals surface area contributed by atoms with Crippen LogP contribution in [0.5, 0.6) is 0 Å². The highest BCUT2D eigenvalue weighted by molar-refractivity contribution is 6.83. The van der Waals surface area contributed by atoms with E-state index in [1.54, 1.807) is 6.92 Å². The van der Waals surface area contributed by atoms with Crippen molar-refractivity contribution in [1.29, 1.82) is 0 Å². The monoisotopic (exact) mass is 331 g/mol. The van der Waals surface area contributed by atoms with Gasteiger partial charge in [-0.15, -0.1) is 5.54 Å². The summed E-state index contributed by atoms with van der Waals surface area (Å²) in [5, 5.41) is 0. The van der Waals surface area contributed by atoms with Gasteiger partial charge in [-0.05, 0) is 26.0 Å². The van der Waals surface area contributed by atoms with Gasteiger partial charge in [-0.25, -0.2) is 4.99 Å².